The van der Waals surface area contributed by atoms with E-state index < -0.39 is 56.9 Å². The van der Waals surface area contributed by atoms with Gasteiger partial charge in [-0.25, -0.2) is 14.3 Å². The van der Waals surface area contributed by atoms with E-state index in [1.807, 2.05) is 0 Å². The number of carbonyl (C=O) groups is 4. The number of thioether (sulfide) groups is 1. The fourth-order valence-electron chi connectivity index (χ4n) is 4.72. The van der Waals surface area contributed by atoms with Crippen LogP contribution in [0.5, 0.6) is 5.75 Å². The summed E-state index contributed by atoms with van der Waals surface area (Å²) in [5.74, 6) is -2.17. The van der Waals surface area contributed by atoms with Crippen molar-refractivity contribution in [3.05, 3.63) is 52.0 Å². The van der Waals surface area contributed by atoms with Crippen molar-refractivity contribution in [2.24, 2.45) is 5.73 Å². The van der Waals surface area contributed by atoms with Crippen LogP contribution in [0.15, 0.2) is 30.5 Å². The second-order valence-corrected chi connectivity index (χ2v) is 11.8. The molecule has 2 aliphatic heterocycles. The summed E-state index contributed by atoms with van der Waals surface area (Å²) < 4.78 is 11.0. The number of fused-ring (bicyclic) bond motifs is 1. The number of amides is 2. The van der Waals surface area contributed by atoms with Gasteiger partial charge in [0.25, 0.3) is 0 Å². The van der Waals surface area contributed by atoms with E-state index in [1.54, 1.807) is 20.8 Å². The minimum atomic E-state index is -1.06. The molecule has 0 bridgehead atoms. The van der Waals surface area contributed by atoms with Gasteiger partial charge in [-0.05, 0) is 36.5 Å². The molecule has 4 atom stereocenters. The van der Waals surface area contributed by atoms with Crippen molar-refractivity contribution in [2.75, 3.05) is 13.2 Å². The Morgan fingerprint density at radius 1 is 1.24 bits per heavy atom. The molecule has 2 amide bonds. The smallest absolute Gasteiger partial charge is 0.342 e. The number of β-lactam (4-membered cyclic amide) rings is 1. The van der Waals surface area contributed by atoms with Crippen molar-refractivity contribution in [3.63, 3.8) is 0 Å². The lowest BCUT2D eigenvalue weighted by atomic mass is 9.95. The Labute approximate surface area is 238 Å². The molecule has 1 aromatic carbocycles. The summed E-state index contributed by atoms with van der Waals surface area (Å²) in [5.41, 5.74) is 6.48. The van der Waals surface area contributed by atoms with Crippen molar-refractivity contribution in [2.45, 2.75) is 62.0 Å². The van der Waals surface area contributed by atoms with Crippen LogP contribution in [0.3, 0.4) is 0 Å². The molecule has 4 N–H and O–H groups in total. The predicted molar refractivity (Wildman–Crippen MR) is 143 cm³/mol. The monoisotopic (exact) mass is 590 g/mol. The van der Waals surface area contributed by atoms with Gasteiger partial charge in [-0.3, -0.25) is 14.4 Å². The Kier molecular flexibility index (Phi) is 8.53. The number of nitrogens with two attached hydrogens (primary N) is 1. The molecule has 0 aliphatic carbocycles. The summed E-state index contributed by atoms with van der Waals surface area (Å²) in [6.07, 6.45) is 0.873. The van der Waals surface area contributed by atoms with Crippen LogP contribution in [-0.4, -0.2) is 83.7 Å². The average Bonchev–Trinajstić information content (AvgIpc) is 3.41. The van der Waals surface area contributed by atoms with Crippen molar-refractivity contribution >= 4 is 41.3 Å². The number of rotatable bonds is 11. The lowest BCUT2D eigenvalue weighted by Crippen LogP contribution is -2.71. The number of imidazole rings is 1. The zero-order valence-electron chi connectivity index (χ0n) is 22.5. The Morgan fingerprint density at radius 2 is 1.93 bits per heavy atom. The summed E-state index contributed by atoms with van der Waals surface area (Å²) in [7, 11) is 0. The molecule has 0 unspecified atom stereocenters. The van der Waals surface area contributed by atoms with Gasteiger partial charge in [0.1, 0.15) is 55.2 Å². The van der Waals surface area contributed by atoms with Crippen LogP contribution >= 0.6 is 11.8 Å². The first-order chi connectivity index (χ1) is 19.3. The number of aryl methyl sites for hydroxylation is 1. The number of esters is 2. The number of phenolic OH excluding ortho intramolecular Hbond substituents is 1. The van der Waals surface area contributed by atoms with Gasteiger partial charge in [0, 0.05) is 11.7 Å². The number of aromatic hydroxyl groups is 1. The van der Waals surface area contributed by atoms with Gasteiger partial charge in [-0.1, -0.05) is 12.1 Å². The molecular formula is C25H30N6O9S. The van der Waals surface area contributed by atoms with Crippen LogP contribution in [0.25, 0.3) is 0 Å². The minimum Gasteiger partial charge on any atom is -0.508 e. The number of ether oxygens (including phenoxy) is 2. The summed E-state index contributed by atoms with van der Waals surface area (Å²) in [6, 6.07) is 2.95. The highest BCUT2D eigenvalue weighted by molar-refractivity contribution is 8.01. The molecule has 4 rings (SSSR count). The van der Waals surface area contributed by atoms with E-state index in [0.29, 0.717) is 11.4 Å². The van der Waals surface area contributed by atoms with Gasteiger partial charge >= 0.3 is 17.8 Å². The molecule has 1 aromatic heterocycles. The Morgan fingerprint density at radius 3 is 2.59 bits per heavy atom. The van der Waals surface area contributed by atoms with Crippen LogP contribution in [0.1, 0.15) is 37.7 Å². The number of nitrogens with one attached hydrogen (secondary N) is 1. The first kappa shape index (κ1) is 29.8. The third-order valence-corrected chi connectivity index (χ3v) is 8.42. The van der Waals surface area contributed by atoms with Crippen molar-refractivity contribution in [3.8, 4) is 5.75 Å². The van der Waals surface area contributed by atoms with Crippen molar-refractivity contribution in [1.82, 2.24) is 19.8 Å². The molecule has 2 fully saturated rings. The summed E-state index contributed by atoms with van der Waals surface area (Å²) in [4.78, 5) is 66.4. The highest BCUT2D eigenvalue weighted by atomic mass is 32.2. The highest BCUT2D eigenvalue weighted by Crippen LogP contribution is 2.51. The number of phenols is 1. The normalized spacial score (nSPS) is 21.4. The van der Waals surface area contributed by atoms with E-state index in [-0.39, 0.29) is 37.7 Å². The maximum absolute atomic E-state index is 13.0. The first-order valence-corrected chi connectivity index (χ1v) is 13.5. The van der Waals surface area contributed by atoms with Crippen LogP contribution < -0.4 is 11.1 Å². The SMILES string of the molecule is Cc1ncc([N+](=O)[O-])n1CCOC(=O)CCOC(=O)[C@@H]1N2C(=O)[C@@H](NC(=O)[C@H](N)c3ccc(O)cc3)[C@H]2SC1(C)C. The first-order valence-electron chi connectivity index (χ1n) is 12.7. The number of benzene rings is 1. The second kappa shape index (κ2) is 11.7. The molecule has 15 nitrogen and oxygen atoms in total. The number of hydrogen-bond acceptors (Lipinski definition) is 12. The largest absolute Gasteiger partial charge is 0.508 e. The molecule has 0 spiro atoms. The molecule has 41 heavy (non-hydrogen) atoms. The molecular weight excluding hydrogens is 560 g/mol. The lowest BCUT2D eigenvalue weighted by molar-refractivity contribution is -0.392. The lowest BCUT2D eigenvalue weighted by Gasteiger charge is -2.44. The molecule has 0 radical (unpaired) electrons. The molecule has 3 heterocycles. The van der Waals surface area contributed by atoms with Gasteiger partial charge in [0.05, 0.1) is 6.42 Å². The molecule has 2 aromatic rings. The van der Waals surface area contributed by atoms with Crippen molar-refractivity contribution in [1.29, 1.82) is 0 Å². The summed E-state index contributed by atoms with van der Waals surface area (Å²) >= 11 is 1.34. The summed E-state index contributed by atoms with van der Waals surface area (Å²) in [6.45, 7) is 4.77. The Bertz CT molecular complexity index is 1360. The van der Waals surface area contributed by atoms with E-state index >= 15 is 0 Å². The standard InChI is InChI=1S/C25H30N6O9S/c1-13-27-12-16(31(37)38)29(13)9-11-39-17(33)8-10-40-24(36)20-25(2,3)41-23-19(22(35)30(20)23)28-21(34)18(26)14-4-6-15(32)7-5-14/h4-7,12,18-20,23,32H,8-11,26H2,1-3H3,(H,28,34)/t18-,19-,20+,23-/m1/s1. The maximum atomic E-state index is 13.0. The number of aromatic nitrogens is 2. The Balaban J connectivity index is 1.25. The number of hydrogen-bond donors (Lipinski definition) is 3. The average molecular weight is 591 g/mol. The van der Waals surface area contributed by atoms with Gasteiger partial charge in [-0.2, -0.15) is 0 Å². The van der Waals surface area contributed by atoms with Gasteiger partial charge in [0.15, 0.2) is 5.82 Å². The predicted octanol–water partition coefficient (Wildman–Crippen LogP) is 0.529. The van der Waals surface area contributed by atoms with Crippen LogP contribution in [0, 0.1) is 17.0 Å². The zero-order valence-corrected chi connectivity index (χ0v) is 23.3. The van der Waals surface area contributed by atoms with Crippen LogP contribution in [-0.2, 0) is 35.2 Å². The van der Waals surface area contributed by atoms with Gasteiger partial charge in [-0.15, -0.1) is 11.8 Å². The molecule has 16 heteroatoms. The van der Waals surface area contributed by atoms with E-state index in [4.69, 9.17) is 15.2 Å². The van der Waals surface area contributed by atoms with E-state index in [9.17, 15) is 34.4 Å². The summed E-state index contributed by atoms with van der Waals surface area (Å²) in [5, 5.41) is 22.6. The minimum absolute atomic E-state index is 0.0274. The quantitative estimate of drug-likeness (QED) is 0.142. The second-order valence-electron chi connectivity index (χ2n) is 10.0. The third kappa shape index (κ3) is 6.12. The molecule has 0 saturated carbocycles. The van der Waals surface area contributed by atoms with E-state index in [1.165, 1.54) is 45.5 Å². The molecule has 2 aliphatic rings. The fraction of sp³-hybridized carbons (Fsp3) is 0.480. The number of carbonyl (C=O) groups excluding carboxylic acids is 4. The zero-order chi connectivity index (χ0) is 30.1. The number of nitrogens with zero attached hydrogens (tertiary/aromatic N) is 4. The Hall–Kier alpha value is -4.18. The molecule has 2 saturated heterocycles. The maximum Gasteiger partial charge on any atom is 0.342 e. The van der Waals surface area contributed by atoms with E-state index in [2.05, 4.69) is 10.3 Å². The van der Waals surface area contributed by atoms with Crippen LogP contribution in [0.2, 0.25) is 0 Å². The van der Waals surface area contributed by atoms with Crippen LogP contribution in [0.4, 0.5) is 5.82 Å². The third-order valence-electron chi connectivity index (χ3n) is 6.85. The van der Waals surface area contributed by atoms with Crippen molar-refractivity contribution < 1.29 is 38.7 Å². The topological polar surface area (TPSA) is 209 Å². The van der Waals surface area contributed by atoms with Gasteiger partial charge in [0.2, 0.25) is 11.8 Å². The van der Waals surface area contributed by atoms with E-state index in [0.717, 1.165) is 6.20 Å². The highest BCUT2D eigenvalue weighted by Gasteiger charge is 2.64. The number of nitro groups is 1. The fourth-order valence-corrected chi connectivity index (χ4v) is 6.34. The van der Waals surface area contributed by atoms with Gasteiger partial charge < -0.3 is 40.6 Å². The molecule has 220 valence electrons.